The van der Waals surface area contributed by atoms with Gasteiger partial charge in [-0.2, -0.15) is 0 Å². The molecule has 0 saturated carbocycles. The van der Waals surface area contributed by atoms with E-state index in [0.29, 0.717) is 5.75 Å². The van der Waals surface area contributed by atoms with Gasteiger partial charge in [-0.25, -0.2) is 0 Å². The van der Waals surface area contributed by atoms with Crippen molar-refractivity contribution in [1.82, 2.24) is 5.32 Å². The second-order valence-electron chi connectivity index (χ2n) is 3.92. The minimum Gasteiger partial charge on any atom is -0.484 e. The Morgan fingerprint density at radius 2 is 2.17 bits per heavy atom. The van der Waals surface area contributed by atoms with Gasteiger partial charge in [0.2, 0.25) is 0 Å². The zero-order valence-corrected chi connectivity index (χ0v) is 10.5. The molecule has 0 saturated heterocycles. The topological polar surface area (TPSA) is 75.6 Å². The molecule has 0 fully saturated rings. The standard InChI is InChI=1S/C13H17NO4/c1-3-10-5-4-6-11(7-10)18-8-12(15)14-9(2)13(16)17/h4-7,9H,3,8H2,1-2H3,(H,14,15)(H,16,17)/t9-/m0/s1. The van der Waals surface area contributed by atoms with E-state index in [1.54, 1.807) is 6.07 Å². The van der Waals surface area contributed by atoms with Crippen LogP contribution in [0.25, 0.3) is 0 Å². The lowest BCUT2D eigenvalue weighted by atomic mass is 10.2. The van der Waals surface area contributed by atoms with E-state index in [4.69, 9.17) is 9.84 Å². The molecule has 0 aliphatic carbocycles. The Morgan fingerprint density at radius 1 is 1.44 bits per heavy atom. The lowest BCUT2D eigenvalue weighted by Crippen LogP contribution is -2.40. The van der Waals surface area contributed by atoms with Crippen LogP contribution in [0.4, 0.5) is 0 Å². The van der Waals surface area contributed by atoms with Crippen LogP contribution in [0.2, 0.25) is 0 Å². The van der Waals surface area contributed by atoms with Crippen molar-refractivity contribution in [1.29, 1.82) is 0 Å². The Balaban J connectivity index is 2.44. The van der Waals surface area contributed by atoms with E-state index < -0.39 is 17.9 Å². The summed E-state index contributed by atoms with van der Waals surface area (Å²) in [6, 6.07) is 6.52. The van der Waals surface area contributed by atoms with E-state index in [2.05, 4.69) is 5.32 Å². The van der Waals surface area contributed by atoms with Crippen LogP contribution in [-0.2, 0) is 16.0 Å². The molecule has 1 rings (SSSR count). The van der Waals surface area contributed by atoms with Gasteiger partial charge in [-0.3, -0.25) is 9.59 Å². The number of carboxylic acid groups (broad SMARTS) is 1. The number of aryl methyl sites for hydroxylation is 1. The zero-order valence-electron chi connectivity index (χ0n) is 10.5. The predicted molar refractivity (Wildman–Crippen MR) is 66.6 cm³/mol. The second kappa shape index (κ2) is 6.64. The highest BCUT2D eigenvalue weighted by atomic mass is 16.5. The first-order valence-corrected chi connectivity index (χ1v) is 5.76. The quantitative estimate of drug-likeness (QED) is 0.797. The van der Waals surface area contributed by atoms with E-state index in [1.807, 2.05) is 25.1 Å². The van der Waals surface area contributed by atoms with Crippen LogP contribution >= 0.6 is 0 Å². The van der Waals surface area contributed by atoms with Crippen molar-refractivity contribution in [2.75, 3.05) is 6.61 Å². The lowest BCUT2D eigenvalue weighted by Gasteiger charge is -2.10. The van der Waals surface area contributed by atoms with Gasteiger partial charge in [-0.05, 0) is 31.0 Å². The third-order valence-electron chi connectivity index (χ3n) is 2.42. The Hall–Kier alpha value is -2.04. The molecular formula is C13H17NO4. The highest BCUT2D eigenvalue weighted by molar-refractivity contribution is 5.84. The van der Waals surface area contributed by atoms with Crippen molar-refractivity contribution in [3.8, 4) is 5.75 Å². The van der Waals surface area contributed by atoms with Crippen molar-refractivity contribution >= 4 is 11.9 Å². The van der Waals surface area contributed by atoms with Crippen LogP contribution in [0.15, 0.2) is 24.3 Å². The van der Waals surface area contributed by atoms with Gasteiger partial charge >= 0.3 is 5.97 Å². The van der Waals surface area contributed by atoms with Crippen molar-refractivity contribution in [2.45, 2.75) is 26.3 Å². The smallest absolute Gasteiger partial charge is 0.325 e. The molecule has 0 heterocycles. The van der Waals surface area contributed by atoms with Gasteiger partial charge in [0.15, 0.2) is 6.61 Å². The zero-order chi connectivity index (χ0) is 13.5. The summed E-state index contributed by atoms with van der Waals surface area (Å²) in [4.78, 5) is 21.9. The maximum Gasteiger partial charge on any atom is 0.325 e. The summed E-state index contributed by atoms with van der Waals surface area (Å²) in [7, 11) is 0. The fourth-order valence-electron chi connectivity index (χ4n) is 1.35. The summed E-state index contributed by atoms with van der Waals surface area (Å²) in [5.74, 6) is -0.921. The number of ether oxygens (including phenoxy) is 1. The highest BCUT2D eigenvalue weighted by Crippen LogP contribution is 2.13. The minimum absolute atomic E-state index is 0.190. The average molecular weight is 251 g/mol. The summed E-state index contributed by atoms with van der Waals surface area (Å²) in [6.45, 7) is 3.24. The third-order valence-corrected chi connectivity index (χ3v) is 2.42. The number of amides is 1. The molecule has 0 bridgehead atoms. The molecule has 0 unspecified atom stereocenters. The number of carboxylic acids is 1. The molecule has 0 spiro atoms. The van der Waals surface area contributed by atoms with Gasteiger partial charge in [0.25, 0.3) is 5.91 Å². The maximum atomic E-state index is 11.4. The Kier molecular flexibility index (Phi) is 5.17. The minimum atomic E-state index is -1.07. The van der Waals surface area contributed by atoms with Crippen LogP contribution in [0.1, 0.15) is 19.4 Å². The van der Waals surface area contributed by atoms with E-state index >= 15 is 0 Å². The van der Waals surface area contributed by atoms with Crippen molar-refractivity contribution in [3.05, 3.63) is 29.8 Å². The Bertz CT molecular complexity index is 431. The van der Waals surface area contributed by atoms with Gasteiger partial charge in [0, 0.05) is 0 Å². The van der Waals surface area contributed by atoms with Gasteiger partial charge < -0.3 is 15.2 Å². The highest BCUT2D eigenvalue weighted by Gasteiger charge is 2.13. The Morgan fingerprint density at radius 3 is 2.78 bits per heavy atom. The molecule has 2 N–H and O–H groups in total. The molecule has 5 heteroatoms. The van der Waals surface area contributed by atoms with E-state index in [1.165, 1.54) is 6.92 Å². The number of hydrogen-bond acceptors (Lipinski definition) is 3. The largest absolute Gasteiger partial charge is 0.484 e. The van der Waals surface area contributed by atoms with E-state index in [-0.39, 0.29) is 6.61 Å². The molecule has 0 radical (unpaired) electrons. The number of carbonyl (C=O) groups is 2. The molecular weight excluding hydrogens is 234 g/mol. The molecule has 0 aromatic heterocycles. The number of hydrogen-bond donors (Lipinski definition) is 2. The number of benzene rings is 1. The molecule has 1 aromatic carbocycles. The van der Waals surface area contributed by atoms with Crippen LogP contribution < -0.4 is 10.1 Å². The van der Waals surface area contributed by atoms with Crippen molar-refractivity contribution < 1.29 is 19.4 Å². The molecule has 0 aliphatic rings. The van der Waals surface area contributed by atoms with E-state index in [9.17, 15) is 9.59 Å². The molecule has 5 nitrogen and oxygen atoms in total. The molecule has 0 aliphatic heterocycles. The van der Waals surface area contributed by atoms with Crippen molar-refractivity contribution in [3.63, 3.8) is 0 Å². The molecule has 18 heavy (non-hydrogen) atoms. The predicted octanol–water partition coefficient (Wildman–Crippen LogP) is 1.22. The number of carbonyl (C=O) groups excluding carboxylic acids is 1. The average Bonchev–Trinajstić information content (AvgIpc) is 2.36. The molecule has 98 valence electrons. The fraction of sp³-hybridized carbons (Fsp3) is 0.385. The van der Waals surface area contributed by atoms with Gasteiger partial charge in [-0.1, -0.05) is 19.1 Å². The summed E-state index contributed by atoms with van der Waals surface area (Å²) >= 11 is 0. The summed E-state index contributed by atoms with van der Waals surface area (Å²) in [5.41, 5.74) is 1.12. The summed E-state index contributed by atoms with van der Waals surface area (Å²) < 4.78 is 5.29. The number of nitrogens with one attached hydrogen (secondary N) is 1. The Labute approximate surface area is 106 Å². The molecule has 1 amide bonds. The first kappa shape index (κ1) is 14.0. The SMILES string of the molecule is CCc1cccc(OCC(=O)N[C@@H](C)C(=O)O)c1. The van der Waals surface area contributed by atoms with Crippen LogP contribution in [0, 0.1) is 0 Å². The normalized spacial score (nSPS) is 11.7. The van der Waals surface area contributed by atoms with E-state index in [0.717, 1.165) is 12.0 Å². The second-order valence-corrected chi connectivity index (χ2v) is 3.92. The van der Waals surface area contributed by atoms with Gasteiger partial charge in [-0.15, -0.1) is 0 Å². The van der Waals surface area contributed by atoms with Crippen LogP contribution in [-0.4, -0.2) is 29.6 Å². The first-order chi connectivity index (χ1) is 8.52. The summed E-state index contributed by atoms with van der Waals surface area (Å²) in [5, 5.41) is 10.9. The van der Waals surface area contributed by atoms with Gasteiger partial charge in [0.1, 0.15) is 11.8 Å². The number of aliphatic carboxylic acids is 1. The van der Waals surface area contributed by atoms with Crippen molar-refractivity contribution in [2.24, 2.45) is 0 Å². The van der Waals surface area contributed by atoms with Gasteiger partial charge in [0.05, 0.1) is 0 Å². The van der Waals surface area contributed by atoms with Crippen LogP contribution in [0.5, 0.6) is 5.75 Å². The third kappa shape index (κ3) is 4.45. The lowest BCUT2D eigenvalue weighted by molar-refractivity contribution is -0.141. The summed E-state index contributed by atoms with van der Waals surface area (Å²) in [6.07, 6.45) is 0.888. The monoisotopic (exact) mass is 251 g/mol. The fourth-order valence-corrected chi connectivity index (χ4v) is 1.35. The first-order valence-electron chi connectivity index (χ1n) is 5.76. The maximum absolute atomic E-state index is 11.4. The number of rotatable bonds is 6. The molecule has 1 aromatic rings. The van der Waals surface area contributed by atoms with Crippen LogP contribution in [0.3, 0.4) is 0 Å². The molecule has 1 atom stereocenters.